The van der Waals surface area contributed by atoms with Gasteiger partial charge in [-0.05, 0) is 125 Å². The summed E-state index contributed by atoms with van der Waals surface area (Å²) in [6.45, 7) is 18.5. The maximum absolute atomic E-state index is 12.1. The smallest absolute Gasteiger partial charge is 0.435 e. The molecule has 3 saturated heterocycles. The third kappa shape index (κ3) is 9.92. The third-order valence-corrected chi connectivity index (χ3v) is 9.96. The van der Waals surface area contributed by atoms with Gasteiger partial charge in [0, 0.05) is 4.47 Å². The number of hydrogen-bond donors (Lipinski definition) is 0. The van der Waals surface area contributed by atoms with Crippen LogP contribution in [0.5, 0.6) is 11.5 Å². The van der Waals surface area contributed by atoms with E-state index in [0.29, 0.717) is 0 Å². The summed E-state index contributed by atoms with van der Waals surface area (Å²) in [5.41, 5.74) is -1.50. The van der Waals surface area contributed by atoms with Gasteiger partial charge in [-0.25, -0.2) is 0 Å². The number of ether oxygens (including phenoxy) is 2. The number of benzene rings is 2. The molecule has 266 valence electrons. The highest BCUT2D eigenvalue weighted by Crippen LogP contribution is 2.43. The molecule has 0 spiro atoms. The van der Waals surface area contributed by atoms with Crippen LogP contribution < -0.4 is 14.9 Å². The van der Waals surface area contributed by atoms with E-state index in [1.165, 1.54) is 24.3 Å². The van der Waals surface area contributed by atoms with Crippen molar-refractivity contribution in [2.45, 2.75) is 130 Å². The van der Waals surface area contributed by atoms with Gasteiger partial charge in [-0.3, -0.25) is 0 Å². The fraction of sp³-hybridized carbons (Fsp3) is 0.625. The van der Waals surface area contributed by atoms with Gasteiger partial charge in [0.25, 0.3) is 0 Å². The molecule has 0 atom stereocenters. The second kappa shape index (κ2) is 14.8. The standard InChI is InChI=1S/C13H17BF2O3.C12H24B2O4.C7H5BrF2O/c1-12(2)13(3,4)19-14(18-12)9-5-7-10(8-6-9)17-11(15)16;1-9(2)10(3,4)16-13(15-9)14-17-11(5,6)12(7,8)18-14;8-5-1-3-6(4-2-5)11-7(9)10/h5-8,11H,1-4H3;1-8H3;1-4,7H. The molecule has 3 fully saturated rings. The first-order valence-electron chi connectivity index (χ1n) is 15.6. The Balaban J connectivity index is 0.000000203. The van der Waals surface area contributed by atoms with Crippen LogP contribution in [0.4, 0.5) is 17.6 Å². The second-order valence-electron chi connectivity index (χ2n) is 14.6. The summed E-state index contributed by atoms with van der Waals surface area (Å²) >= 11 is 3.17. The number of hydrogen-bond acceptors (Lipinski definition) is 8. The van der Waals surface area contributed by atoms with Crippen molar-refractivity contribution >= 4 is 42.5 Å². The SMILES string of the molecule is CC1(C)OB(B2OC(C)(C)C(C)(C)O2)OC1(C)C.CC1(C)OB(c2ccc(OC(F)F)cc2)OC1(C)C.FC(F)Oc1ccc(Br)cc1. The van der Waals surface area contributed by atoms with Crippen LogP contribution in [-0.2, 0) is 27.9 Å². The summed E-state index contributed by atoms with van der Waals surface area (Å²) in [6, 6.07) is 12.5. The Morgan fingerprint density at radius 1 is 0.479 bits per heavy atom. The fourth-order valence-corrected chi connectivity index (χ4v) is 4.67. The summed E-state index contributed by atoms with van der Waals surface area (Å²) in [5.74, 6) is 0.290. The third-order valence-electron chi connectivity index (χ3n) is 9.43. The Labute approximate surface area is 291 Å². The predicted octanol–water partition coefficient (Wildman–Crippen LogP) is 7.89. The van der Waals surface area contributed by atoms with Crippen molar-refractivity contribution in [2.75, 3.05) is 0 Å². The first-order chi connectivity index (χ1) is 21.8. The van der Waals surface area contributed by atoms with Crippen LogP contribution >= 0.6 is 15.9 Å². The highest BCUT2D eigenvalue weighted by molar-refractivity contribution is 9.10. The summed E-state index contributed by atoms with van der Waals surface area (Å²) in [4.78, 5) is 0. The molecule has 0 amide bonds. The van der Waals surface area contributed by atoms with E-state index in [4.69, 9.17) is 27.9 Å². The average molecular weight is 747 g/mol. The summed E-state index contributed by atoms with van der Waals surface area (Å²) in [6.07, 6.45) is 0. The largest absolute Gasteiger partial charge is 0.494 e. The lowest BCUT2D eigenvalue weighted by molar-refractivity contribution is -0.0505. The molecule has 0 radical (unpaired) electrons. The van der Waals surface area contributed by atoms with Crippen molar-refractivity contribution in [2.24, 2.45) is 0 Å². The predicted molar refractivity (Wildman–Crippen MR) is 182 cm³/mol. The molecule has 3 aliphatic rings. The Kier molecular flexibility index (Phi) is 12.5. The molecule has 8 nitrogen and oxygen atoms in total. The molecule has 3 aliphatic heterocycles. The van der Waals surface area contributed by atoms with Crippen LogP contribution in [-0.4, -0.2) is 68.0 Å². The van der Waals surface area contributed by atoms with Gasteiger partial charge >= 0.3 is 34.4 Å². The molecular formula is C32H46B3BrF4O8. The zero-order chi connectivity index (χ0) is 36.5. The Morgan fingerprint density at radius 3 is 1.04 bits per heavy atom. The highest BCUT2D eigenvalue weighted by Gasteiger charge is 2.63. The van der Waals surface area contributed by atoms with Gasteiger partial charge in [0.05, 0.1) is 33.6 Å². The molecule has 2 aromatic carbocycles. The molecule has 0 unspecified atom stereocenters. The van der Waals surface area contributed by atoms with Gasteiger partial charge in [-0.1, -0.05) is 28.1 Å². The second-order valence-corrected chi connectivity index (χ2v) is 15.5. The van der Waals surface area contributed by atoms with Gasteiger partial charge in [-0.15, -0.1) is 0 Å². The minimum Gasteiger partial charge on any atom is -0.435 e. The average Bonchev–Trinajstić information content (AvgIpc) is 3.39. The Morgan fingerprint density at radius 2 is 0.750 bits per heavy atom. The molecule has 5 rings (SSSR count). The molecule has 16 heteroatoms. The Hall–Kier alpha value is -1.81. The van der Waals surface area contributed by atoms with Crippen molar-refractivity contribution < 1.29 is 55.0 Å². The maximum Gasteiger partial charge on any atom is 0.494 e. The summed E-state index contributed by atoms with van der Waals surface area (Å²) in [7, 11) is -1.45. The Bertz CT molecular complexity index is 1260. The quantitative estimate of drug-likeness (QED) is 0.219. The van der Waals surface area contributed by atoms with E-state index in [2.05, 4.69) is 25.4 Å². The molecule has 0 aliphatic carbocycles. The molecule has 0 N–H and O–H groups in total. The van der Waals surface area contributed by atoms with E-state index in [-0.39, 0.29) is 33.9 Å². The van der Waals surface area contributed by atoms with Gasteiger partial charge in [-0.2, -0.15) is 17.6 Å². The molecule has 0 saturated carbocycles. The lowest BCUT2D eigenvalue weighted by Gasteiger charge is -2.32. The minimum absolute atomic E-state index is 0.121. The molecule has 2 aromatic rings. The first-order valence-corrected chi connectivity index (χ1v) is 16.4. The molecule has 3 heterocycles. The normalized spacial score (nSPS) is 22.6. The van der Waals surface area contributed by atoms with Crippen LogP contribution in [0.15, 0.2) is 53.0 Å². The van der Waals surface area contributed by atoms with Crippen LogP contribution in [0.25, 0.3) is 0 Å². The topological polar surface area (TPSA) is 73.8 Å². The number of alkyl halides is 4. The van der Waals surface area contributed by atoms with Crippen LogP contribution in [0.3, 0.4) is 0 Å². The van der Waals surface area contributed by atoms with E-state index >= 15 is 0 Å². The van der Waals surface area contributed by atoms with E-state index in [1.807, 2.05) is 83.1 Å². The van der Waals surface area contributed by atoms with E-state index in [0.717, 1.165) is 9.94 Å². The van der Waals surface area contributed by atoms with E-state index < -0.39 is 45.6 Å². The zero-order valence-corrected chi connectivity index (χ0v) is 31.2. The van der Waals surface area contributed by atoms with E-state index in [9.17, 15) is 17.6 Å². The first kappa shape index (κ1) is 40.6. The van der Waals surface area contributed by atoms with E-state index in [1.54, 1.807) is 24.3 Å². The van der Waals surface area contributed by atoms with Crippen molar-refractivity contribution in [3.8, 4) is 11.5 Å². The van der Waals surface area contributed by atoms with Crippen molar-refractivity contribution in [3.05, 3.63) is 53.0 Å². The van der Waals surface area contributed by atoms with Crippen LogP contribution in [0.2, 0.25) is 0 Å². The van der Waals surface area contributed by atoms with Crippen molar-refractivity contribution in [3.63, 3.8) is 0 Å². The number of halogens is 5. The van der Waals surface area contributed by atoms with Crippen molar-refractivity contribution in [1.29, 1.82) is 0 Å². The lowest BCUT2D eigenvalue weighted by Crippen LogP contribution is -2.41. The van der Waals surface area contributed by atoms with Gasteiger partial charge in [0.2, 0.25) is 0 Å². The summed E-state index contributed by atoms with van der Waals surface area (Å²) in [5, 5.41) is 0. The molecular weight excluding hydrogens is 701 g/mol. The van der Waals surface area contributed by atoms with Crippen molar-refractivity contribution in [1.82, 2.24) is 0 Å². The number of rotatable bonds is 6. The van der Waals surface area contributed by atoms with Gasteiger partial charge in [0.1, 0.15) is 11.5 Å². The van der Waals surface area contributed by atoms with Gasteiger partial charge in [0.15, 0.2) is 0 Å². The van der Waals surface area contributed by atoms with Crippen LogP contribution in [0, 0.1) is 0 Å². The van der Waals surface area contributed by atoms with Gasteiger partial charge < -0.3 is 37.4 Å². The highest BCUT2D eigenvalue weighted by atomic mass is 79.9. The van der Waals surface area contributed by atoms with Crippen LogP contribution in [0.1, 0.15) is 83.1 Å². The monoisotopic (exact) mass is 746 g/mol. The fourth-order valence-electron chi connectivity index (χ4n) is 4.40. The minimum atomic E-state index is -2.82. The molecule has 48 heavy (non-hydrogen) atoms. The zero-order valence-electron chi connectivity index (χ0n) is 29.7. The molecule has 0 aromatic heterocycles. The lowest BCUT2D eigenvalue weighted by atomic mass is 9.49. The summed E-state index contributed by atoms with van der Waals surface area (Å²) < 4.78 is 92.1. The maximum atomic E-state index is 12.1. The molecule has 0 bridgehead atoms.